The van der Waals surface area contributed by atoms with Gasteiger partial charge < -0.3 is 24.8 Å². The van der Waals surface area contributed by atoms with Crippen molar-refractivity contribution in [3.05, 3.63) is 182 Å². The van der Waals surface area contributed by atoms with Gasteiger partial charge in [0, 0.05) is 0 Å². The zero-order chi connectivity index (χ0) is 32.1. The second-order valence-electron chi connectivity index (χ2n) is 14.9. The molecule has 0 amide bonds. The van der Waals surface area contributed by atoms with Gasteiger partial charge in [0.05, 0.1) is 0 Å². The Morgan fingerprint density at radius 3 is 1.44 bits per heavy atom. The predicted octanol–water partition coefficient (Wildman–Crippen LogP) is 5.62. The van der Waals surface area contributed by atoms with Gasteiger partial charge in [-0.1, -0.05) is 0 Å². The first-order valence-corrected chi connectivity index (χ1v) is 20.6. The number of rotatable bonds is 5. The molecule has 2 aliphatic carbocycles. The Morgan fingerprint density at radius 1 is 0.562 bits per heavy atom. The molecule has 48 heavy (non-hydrogen) atoms. The smallest absolute Gasteiger partial charge is 1.00 e. The van der Waals surface area contributed by atoms with Gasteiger partial charge in [0.25, 0.3) is 0 Å². The minimum Gasteiger partial charge on any atom is -1.00 e. The molecule has 0 heterocycles. The summed E-state index contributed by atoms with van der Waals surface area (Å²) < 4.78 is 3.66. The summed E-state index contributed by atoms with van der Waals surface area (Å²) in [5.74, 6) is 0. The second kappa shape index (κ2) is 14.4. The molecule has 0 saturated carbocycles. The van der Waals surface area contributed by atoms with E-state index < -0.39 is 21.3 Å². The van der Waals surface area contributed by atoms with Crippen LogP contribution in [0.2, 0.25) is 0 Å². The van der Waals surface area contributed by atoms with E-state index in [0.29, 0.717) is 3.63 Å². The first-order chi connectivity index (χ1) is 22.1. The van der Waals surface area contributed by atoms with E-state index in [4.69, 9.17) is 0 Å². The van der Waals surface area contributed by atoms with E-state index in [-0.39, 0.29) is 35.6 Å². The first-order valence-electron chi connectivity index (χ1n) is 16.7. The molecule has 0 N–H and O–H groups in total. The van der Waals surface area contributed by atoms with Gasteiger partial charge in [-0.05, 0) is 0 Å². The molecule has 2 aliphatic rings. The summed E-state index contributed by atoms with van der Waals surface area (Å²) >= 11 is -2.92. The molecule has 5 aromatic carbocycles. The predicted molar refractivity (Wildman–Crippen MR) is 194 cm³/mol. The fourth-order valence-electron chi connectivity index (χ4n) is 7.31. The van der Waals surface area contributed by atoms with Crippen LogP contribution in [0.25, 0.3) is 16.7 Å². The average molecular weight is 747 g/mol. The summed E-state index contributed by atoms with van der Waals surface area (Å²) in [6.45, 7) is 14.1. The number of hydrogen-bond acceptors (Lipinski definition) is 0. The van der Waals surface area contributed by atoms with Crippen molar-refractivity contribution in [2.45, 2.75) is 62.4 Å². The molecular weight excluding hydrogens is 703 g/mol. The summed E-state index contributed by atoms with van der Waals surface area (Å²) in [7, 11) is 0. The molecule has 3 heteroatoms. The van der Waals surface area contributed by atoms with Gasteiger partial charge in [-0.2, -0.15) is 0 Å². The van der Waals surface area contributed by atoms with Crippen LogP contribution >= 0.6 is 0 Å². The topological polar surface area (TPSA) is 0 Å². The van der Waals surface area contributed by atoms with E-state index in [1.54, 1.807) is 17.6 Å². The average Bonchev–Trinajstić information content (AvgIpc) is 3.67. The first kappa shape index (κ1) is 36.2. The molecule has 0 aromatic heterocycles. The summed E-state index contributed by atoms with van der Waals surface area (Å²) in [5.41, 5.74) is 14.5. The summed E-state index contributed by atoms with van der Waals surface area (Å²) in [4.78, 5) is 0. The molecule has 0 bridgehead atoms. The van der Waals surface area contributed by atoms with Crippen molar-refractivity contribution in [1.29, 1.82) is 0 Å². The van der Waals surface area contributed by atoms with Crippen molar-refractivity contribution in [3.8, 4) is 11.1 Å². The Labute approximate surface area is 308 Å². The third-order valence-corrected chi connectivity index (χ3v) is 18.2. The zero-order valence-corrected chi connectivity index (χ0v) is 32.8. The molecule has 5 aromatic rings. The fraction of sp³-hybridized carbons (Fsp3) is 0.222. The largest absolute Gasteiger partial charge is 1.00 e. The van der Waals surface area contributed by atoms with Crippen LogP contribution in [-0.2, 0) is 32.1 Å². The van der Waals surface area contributed by atoms with Crippen molar-refractivity contribution in [3.63, 3.8) is 0 Å². The SMILES string of the molecule is CC(C)(C)c1ccc2c(c1)[CH]([Zr+2]([C]1=C(c3ccccc3)C=CC1)=[C](c1ccccc1)c1ccccc1)c1cc(C(C)(C)C)ccc1-2.[Cl-].[Cl-]. The Kier molecular flexibility index (Phi) is 10.9. The molecule has 0 fully saturated rings. The molecular formula is C45H44Cl2Zr. The minimum absolute atomic E-state index is 0. The molecule has 0 aliphatic heterocycles. The molecule has 0 unspecified atom stereocenters. The Bertz CT molecular complexity index is 1900. The third kappa shape index (κ3) is 6.85. The van der Waals surface area contributed by atoms with Crippen molar-refractivity contribution >= 4 is 8.78 Å². The molecule has 7 rings (SSSR count). The van der Waals surface area contributed by atoms with Gasteiger partial charge >= 0.3 is 285 Å². The summed E-state index contributed by atoms with van der Waals surface area (Å²) in [5, 5.41) is 0. The van der Waals surface area contributed by atoms with Crippen LogP contribution in [0.15, 0.2) is 143 Å². The van der Waals surface area contributed by atoms with E-state index in [1.165, 1.54) is 44.5 Å². The summed E-state index contributed by atoms with van der Waals surface area (Å²) in [6, 6.07) is 48.7. The Balaban J connectivity index is 0.00000225. The van der Waals surface area contributed by atoms with Crippen LogP contribution in [0, 0.1) is 0 Å². The maximum Gasteiger partial charge on any atom is -1.00 e. The van der Waals surface area contributed by atoms with Crippen molar-refractivity contribution in [1.82, 2.24) is 0 Å². The minimum atomic E-state index is -2.92. The second-order valence-corrected chi connectivity index (χ2v) is 21.1. The standard InChI is InChI=1S/C21H25.C13H10.C11H9.2ClH.Zr/c1-20(2,3)16-7-9-18-14(12-16)11-15-13-17(21(4,5)6)8-10-19(15)18;1-3-7-12(8-4-1)11-13-9-5-2-6-10-13;1-2-6-10(7-3-1)11-8-4-5-9-11;;;/h7-13H,1-6H3;1-10H;1-4,6-8H,5H2;2*1H;/q;;;;;+2/p-2. The van der Waals surface area contributed by atoms with E-state index in [2.05, 4.69) is 181 Å². The van der Waals surface area contributed by atoms with E-state index in [9.17, 15) is 0 Å². The molecule has 0 nitrogen and oxygen atoms in total. The van der Waals surface area contributed by atoms with Crippen LogP contribution in [0.4, 0.5) is 0 Å². The van der Waals surface area contributed by atoms with Gasteiger partial charge in [0.15, 0.2) is 0 Å². The van der Waals surface area contributed by atoms with E-state index in [1.807, 2.05) is 0 Å². The molecule has 0 atom stereocenters. The van der Waals surface area contributed by atoms with Crippen molar-refractivity contribution in [2.24, 2.45) is 0 Å². The number of hydrogen-bond donors (Lipinski definition) is 0. The van der Waals surface area contributed by atoms with E-state index in [0.717, 1.165) is 6.42 Å². The number of benzene rings is 5. The fourth-order valence-corrected chi connectivity index (χ4v) is 16.8. The molecule has 0 saturated heterocycles. The normalized spacial score (nSPS) is 13.6. The maximum absolute atomic E-state index is 2.92. The number of halogens is 2. The van der Waals surface area contributed by atoms with Gasteiger partial charge in [-0.3, -0.25) is 0 Å². The van der Waals surface area contributed by atoms with Gasteiger partial charge in [0.2, 0.25) is 0 Å². The quantitative estimate of drug-likeness (QED) is 0.219. The zero-order valence-electron chi connectivity index (χ0n) is 28.8. The Morgan fingerprint density at radius 2 is 1.00 bits per heavy atom. The van der Waals surface area contributed by atoms with Crippen LogP contribution in [-0.4, -0.2) is 3.21 Å². The van der Waals surface area contributed by atoms with Crippen LogP contribution in [0.5, 0.6) is 0 Å². The van der Waals surface area contributed by atoms with Crippen molar-refractivity contribution < 1.29 is 46.1 Å². The maximum atomic E-state index is 2.59. The van der Waals surface area contributed by atoms with Gasteiger partial charge in [-0.25, -0.2) is 0 Å². The molecule has 0 radical (unpaired) electrons. The van der Waals surface area contributed by atoms with Crippen LogP contribution in [0.3, 0.4) is 0 Å². The number of allylic oxidation sites excluding steroid dienone is 4. The van der Waals surface area contributed by atoms with E-state index >= 15 is 0 Å². The third-order valence-electron chi connectivity index (χ3n) is 9.77. The molecule has 242 valence electrons. The number of fused-ring (bicyclic) bond motifs is 3. The van der Waals surface area contributed by atoms with Crippen LogP contribution < -0.4 is 24.8 Å². The Hall–Kier alpha value is -3.09. The molecule has 0 spiro atoms. The van der Waals surface area contributed by atoms with Gasteiger partial charge in [-0.15, -0.1) is 0 Å². The monoisotopic (exact) mass is 744 g/mol. The van der Waals surface area contributed by atoms with Gasteiger partial charge in [0.1, 0.15) is 0 Å². The summed E-state index contributed by atoms with van der Waals surface area (Å²) in [6.07, 6.45) is 5.88. The van der Waals surface area contributed by atoms with Crippen molar-refractivity contribution in [2.75, 3.05) is 0 Å². The van der Waals surface area contributed by atoms with Crippen LogP contribution in [0.1, 0.15) is 90.5 Å².